The molecule has 0 aromatic heterocycles. The number of likely N-dealkylation sites (N-methyl/N-ethyl adjacent to an activating group) is 3. The van der Waals surface area contributed by atoms with E-state index in [1.54, 1.807) is 0 Å². The van der Waals surface area contributed by atoms with Crippen molar-refractivity contribution in [3.8, 4) is 0 Å². The molecule has 1 fully saturated rings. The van der Waals surface area contributed by atoms with E-state index in [0.717, 1.165) is 84.1 Å². The average molecular weight is 405 g/mol. The first-order valence-corrected chi connectivity index (χ1v) is 11.8. The monoisotopic (exact) mass is 404 g/mol. The lowest BCUT2D eigenvalue weighted by atomic mass is 9.86. The van der Waals surface area contributed by atoms with Crippen LogP contribution in [0, 0.1) is 0 Å². The second-order valence-electron chi connectivity index (χ2n) is 9.43. The van der Waals surface area contributed by atoms with Crippen molar-refractivity contribution in [2.75, 3.05) is 72.0 Å². The van der Waals surface area contributed by atoms with Gasteiger partial charge in [-0.15, -0.1) is 0 Å². The molecule has 29 heavy (non-hydrogen) atoms. The first-order chi connectivity index (χ1) is 14.3. The van der Waals surface area contributed by atoms with Crippen molar-refractivity contribution in [3.63, 3.8) is 0 Å². The molecule has 0 radical (unpaired) electrons. The fraction of sp³-hybridized carbons (Fsp3) is 0.760. The summed E-state index contributed by atoms with van der Waals surface area (Å²) in [5.74, 6) is 0. The molecule has 0 bridgehead atoms. The second kappa shape index (κ2) is 12.0. The Morgan fingerprint density at radius 2 is 1.17 bits per heavy atom. The van der Waals surface area contributed by atoms with Crippen molar-refractivity contribution in [3.05, 3.63) is 35.4 Å². The van der Waals surface area contributed by atoms with Gasteiger partial charge in [0.1, 0.15) is 0 Å². The first kappa shape index (κ1) is 22.7. The van der Waals surface area contributed by atoms with Gasteiger partial charge in [-0.2, -0.15) is 0 Å². The second-order valence-corrected chi connectivity index (χ2v) is 9.43. The highest BCUT2D eigenvalue weighted by Gasteiger charge is 2.17. The van der Waals surface area contributed by atoms with Crippen LogP contribution in [-0.4, -0.2) is 91.6 Å². The minimum absolute atomic E-state index is 0.119. The maximum Gasteiger partial charge on any atom is 0.0626 e. The molecule has 1 aliphatic rings. The molecule has 1 aromatic rings. The summed E-state index contributed by atoms with van der Waals surface area (Å²) in [6, 6.07) is 7.06. The van der Waals surface area contributed by atoms with Gasteiger partial charge in [-0.1, -0.05) is 65.8 Å². The van der Waals surface area contributed by atoms with E-state index in [-0.39, 0.29) is 5.41 Å². The van der Waals surface area contributed by atoms with E-state index in [1.165, 1.54) is 5.56 Å². The number of hydrogen-bond donors (Lipinski definition) is 0. The Bertz CT molecular complexity index is 608. The average Bonchev–Trinajstić information content (AvgIpc) is 2.71. The minimum atomic E-state index is 0.119. The van der Waals surface area contributed by atoms with Crippen molar-refractivity contribution in [2.45, 2.75) is 53.5 Å². The summed E-state index contributed by atoms with van der Waals surface area (Å²) < 4.78 is 8.47. The van der Waals surface area contributed by atoms with Crippen molar-refractivity contribution in [2.24, 2.45) is 0 Å². The summed E-state index contributed by atoms with van der Waals surface area (Å²) in [6.45, 7) is 26.8. The van der Waals surface area contributed by atoms with E-state index in [1.807, 2.05) is 6.07 Å². The molecule has 2 rings (SSSR count). The molecule has 0 atom stereocenters. The van der Waals surface area contributed by atoms with Crippen LogP contribution in [0.1, 0.15) is 54.0 Å². The van der Waals surface area contributed by atoms with Crippen LogP contribution in [0.3, 0.4) is 0 Å². The molecule has 0 aliphatic carbocycles. The zero-order chi connectivity index (χ0) is 22.1. The van der Waals surface area contributed by atoms with Gasteiger partial charge < -0.3 is 14.7 Å². The Kier molecular flexibility index (Phi) is 9.44. The molecule has 1 saturated heterocycles. The van der Waals surface area contributed by atoms with Gasteiger partial charge in [0.2, 0.25) is 0 Å². The van der Waals surface area contributed by atoms with Crippen LogP contribution >= 0.6 is 0 Å². The Labute approximate surface area is 182 Å². The minimum Gasteiger partial charge on any atom is -0.301 e. The smallest absolute Gasteiger partial charge is 0.0626 e. The Balaban J connectivity index is 2.15. The lowest BCUT2D eigenvalue weighted by Crippen LogP contribution is -2.45. The van der Waals surface area contributed by atoms with E-state index >= 15 is 0 Å². The third kappa shape index (κ3) is 8.37. The molecule has 0 unspecified atom stereocenters. The van der Waals surface area contributed by atoms with Gasteiger partial charge in [-0.05, 0) is 36.2 Å². The molecule has 0 amide bonds. The highest BCUT2D eigenvalue weighted by molar-refractivity contribution is 5.28. The fourth-order valence-corrected chi connectivity index (χ4v) is 4.00. The summed E-state index contributed by atoms with van der Waals surface area (Å²) in [5, 5.41) is 0. The molecule has 0 saturated carbocycles. The maximum atomic E-state index is 8.47. The molecule has 1 aliphatic heterocycles. The summed E-state index contributed by atoms with van der Waals surface area (Å²) in [4.78, 5) is 10.3. The SMILES string of the molecule is [3H]c1ccc(C(C)(C)C)cc1CN1CCN(CC)CCN(CC)CCN(CC)CC1. The molecule has 166 valence electrons. The lowest BCUT2D eigenvalue weighted by molar-refractivity contribution is 0.137. The van der Waals surface area contributed by atoms with Gasteiger partial charge in [0, 0.05) is 58.9 Å². The van der Waals surface area contributed by atoms with Gasteiger partial charge in [0.25, 0.3) is 0 Å². The van der Waals surface area contributed by atoms with Gasteiger partial charge >= 0.3 is 0 Å². The van der Waals surface area contributed by atoms with Gasteiger partial charge in [-0.3, -0.25) is 4.90 Å². The predicted octanol–water partition coefficient (Wildman–Crippen LogP) is 3.77. The van der Waals surface area contributed by atoms with E-state index in [9.17, 15) is 0 Å². The van der Waals surface area contributed by atoms with Gasteiger partial charge in [0.05, 0.1) is 1.37 Å². The van der Waals surface area contributed by atoms with Crippen LogP contribution in [0.15, 0.2) is 24.2 Å². The quantitative estimate of drug-likeness (QED) is 0.741. The Morgan fingerprint density at radius 1 is 0.759 bits per heavy atom. The number of rotatable bonds is 5. The van der Waals surface area contributed by atoms with Crippen LogP contribution in [0.25, 0.3) is 0 Å². The number of nitrogens with zero attached hydrogens (tertiary/aromatic N) is 4. The molecule has 1 aromatic carbocycles. The predicted molar refractivity (Wildman–Crippen MR) is 127 cm³/mol. The molecule has 0 N–H and O–H groups in total. The van der Waals surface area contributed by atoms with Gasteiger partial charge in [-0.25, -0.2) is 0 Å². The maximum absolute atomic E-state index is 8.47. The Morgan fingerprint density at radius 3 is 1.55 bits per heavy atom. The van der Waals surface area contributed by atoms with Crippen LogP contribution < -0.4 is 0 Å². The van der Waals surface area contributed by atoms with Crippen molar-refractivity contribution >= 4 is 0 Å². The zero-order valence-electron chi connectivity index (χ0n) is 21.0. The Hall–Kier alpha value is -0.940. The van der Waals surface area contributed by atoms with Crippen LogP contribution in [0.2, 0.25) is 0 Å². The van der Waals surface area contributed by atoms with Crippen molar-refractivity contribution < 1.29 is 1.37 Å². The molecular formula is C25H46N4. The van der Waals surface area contributed by atoms with Crippen molar-refractivity contribution in [1.82, 2.24) is 19.6 Å². The molecule has 4 nitrogen and oxygen atoms in total. The fourth-order valence-electron chi connectivity index (χ4n) is 4.00. The molecule has 0 spiro atoms. The number of benzene rings is 1. The van der Waals surface area contributed by atoms with Crippen LogP contribution in [0.5, 0.6) is 0 Å². The zero-order valence-corrected chi connectivity index (χ0v) is 20.0. The summed E-state index contributed by atoms with van der Waals surface area (Å²) in [6.07, 6.45) is 0. The normalized spacial score (nSPS) is 20.8. The first-order valence-electron chi connectivity index (χ1n) is 12.3. The third-order valence-corrected chi connectivity index (χ3v) is 6.39. The van der Waals surface area contributed by atoms with E-state index < -0.39 is 0 Å². The highest BCUT2D eigenvalue weighted by atomic mass is 15.3. The summed E-state index contributed by atoms with van der Waals surface area (Å²) >= 11 is 0. The third-order valence-electron chi connectivity index (χ3n) is 6.39. The molecule has 4 heteroatoms. The van der Waals surface area contributed by atoms with Crippen LogP contribution in [-0.2, 0) is 12.0 Å². The van der Waals surface area contributed by atoms with Crippen LogP contribution in [0.4, 0.5) is 0 Å². The summed E-state index contributed by atoms with van der Waals surface area (Å²) in [5.41, 5.74) is 2.61. The largest absolute Gasteiger partial charge is 0.301 e. The lowest BCUT2D eigenvalue weighted by Gasteiger charge is -2.33. The molecule has 1 heterocycles. The van der Waals surface area contributed by atoms with E-state index in [2.05, 4.69) is 73.3 Å². The van der Waals surface area contributed by atoms with E-state index in [0.29, 0.717) is 6.04 Å². The van der Waals surface area contributed by atoms with E-state index in [4.69, 9.17) is 1.37 Å². The topological polar surface area (TPSA) is 13.0 Å². The molecular weight excluding hydrogens is 356 g/mol. The van der Waals surface area contributed by atoms with Crippen molar-refractivity contribution in [1.29, 1.82) is 0 Å². The summed E-state index contributed by atoms with van der Waals surface area (Å²) in [7, 11) is 0. The van der Waals surface area contributed by atoms with Gasteiger partial charge in [0.15, 0.2) is 0 Å². The number of hydrogen-bond acceptors (Lipinski definition) is 4. The highest BCUT2D eigenvalue weighted by Crippen LogP contribution is 2.23. The standard InChI is InChI=1S/C25H46N4/c1-7-26-13-15-27(8-2)17-19-29(20-18-28(9-3)16-14-26)22-23-11-10-12-24(21-23)25(4,5)6/h10-12,21H,7-9,13-20,22H2,1-6H3/i11T.